The molecule has 0 saturated carbocycles. The van der Waals surface area contributed by atoms with Crippen molar-refractivity contribution >= 4 is 21.9 Å². The predicted molar refractivity (Wildman–Crippen MR) is 141 cm³/mol. The zero-order valence-electron chi connectivity index (χ0n) is 21.5. The minimum absolute atomic E-state index is 0.00281. The van der Waals surface area contributed by atoms with Crippen LogP contribution in [0.2, 0.25) is 0 Å². The Balaban J connectivity index is 1.71. The van der Waals surface area contributed by atoms with Gasteiger partial charge in [-0.2, -0.15) is 0 Å². The van der Waals surface area contributed by atoms with Crippen molar-refractivity contribution in [2.45, 2.75) is 44.9 Å². The molecule has 2 N–H and O–H groups in total. The van der Waals surface area contributed by atoms with E-state index in [9.17, 15) is 13.2 Å². The molecule has 3 aromatic rings. The van der Waals surface area contributed by atoms with Crippen LogP contribution in [0.15, 0.2) is 53.7 Å². The number of sulfonamides is 1. The van der Waals surface area contributed by atoms with Crippen LogP contribution < -0.4 is 14.8 Å². The first-order valence-corrected chi connectivity index (χ1v) is 13.6. The molecule has 2 heterocycles. The highest BCUT2D eigenvalue weighted by atomic mass is 32.2. The third-order valence-corrected chi connectivity index (χ3v) is 6.83. The molecule has 0 fully saturated rings. The minimum Gasteiger partial charge on any atom is -0.478 e. The number of anilines is 1. The van der Waals surface area contributed by atoms with E-state index in [-0.39, 0.29) is 22.5 Å². The third kappa shape index (κ3) is 7.88. The fourth-order valence-electron chi connectivity index (χ4n) is 3.57. The summed E-state index contributed by atoms with van der Waals surface area (Å²) >= 11 is 0. The molecule has 2 aromatic heterocycles. The van der Waals surface area contributed by atoms with E-state index in [1.54, 1.807) is 19.2 Å². The zero-order valence-corrected chi connectivity index (χ0v) is 22.3. The molecule has 37 heavy (non-hydrogen) atoms. The molecule has 1 unspecified atom stereocenters. The van der Waals surface area contributed by atoms with Crippen LogP contribution in [0, 0.1) is 12.8 Å². The molecule has 1 atom stereocenters. The molecule has 198 valence electrons. The molecule has 1 amide bonds. The summed E-state index contributed by atoms with van der Waals surface area (Å²) in [5.41, 5.74) is 2.58. The van der Waals surface area contributed by atoms with Crippen LogP contribution in [0.4, 0.5) is 10.6 Å². The first kappa shape index (κ1) is 27.9. The van der Waals surface area contributed by atoms with Crippen LogP contribution in [0.25, 0.3) is 11.3 Å². The van der Waals surface area contributed by atoms with Crippen LogP contribution in [0.3, 0.4) is 0 Å². The molecule has 0 spiro atoms. The van der Waals surface area contributed by atoms with Crippen molar-refractivity contribution in [3.63, 3.8) is 0 Å². The van der Waals surface area contributed by atoms with E-state index in [2.05, 4.69) is 31.9 Å². The Morgan fingerprint density at radius 1 is 1.14 bits per heavy atom. The number of alkyl carbamates (subject to hydrolysis) is 1. The second kappa shape index (κ2) is 13.0. The van der Waals surface area contributed by atoms with E-state index in [1.807, 2.05) is 31.2 Å². The number of carbonyl (C=O) groups excluding carboxylic acids is 1. The number of aryl methyl sites for hydroxylation is 1. The molecular weight excluding hydrogens is 494 g/mol. The summed E-state index contributed by atoms with van der Waals surface area (Å²) in [7, 11) is -2.64. The van der Waals surface area contributed by atoms with Crippen LogP contribution in [-0.2, 0) is 21.2 Å². The van der Waals surface area contributed by atoms with Crippen LogP contribution in [0.1, 0.15) is 37.9 Å². The lowest BCUT2D eigenvalue weighted by Gasteiger charge is -2.14. The summed E-state index contributed by atoms with van der Waals surface area (Å²) in [5.74, 6) is 0.187. The highest BCUT2D eigenvalue weighted by Crippen LogP contribution is 2.29. The number of benzene rings is 1. The average Bonchev–Trinajstić information content (AvgIpc) is 2.89. The van der Waals surface area contributed by atoms with Gasteiger partial charge >= 0.3 is 6.09 Å². The molecule has 0 saturated heterocycles. The van der Waals surface area contributed by atoms with Gasteiger partial charge in [-0.15, -0.1) is 0 Å². The van der Waals surface area contributed by atoms with E-state index in [4.69, 9.17) is 9.47 Å². The summed E-state index contributed by atoms with van der Waals surface area (Å²) in [4.78, 5) is 24.4. The molecule has 0 radical (unpaired) electrons. The molecule has 1 aromatic carbocycles. The Bertz CT molecular complexity index is 1300. The summed E-state index contributed by atoms with van der Waals surface area (Å²) < 4.78 is 39.4. The summed E-state index contributed by atoms with van der Waals surface area (Å²) in [5, 5.41) is 2.73. The van der Waals surface area contributed by atoms with Crippen molar-refractivity contribution in [1.29, 1.82) is 0 Å². The second-order valence-corrected chi connectivity index (χ2v) is 10.4. The van der Waals surface area contributed by atoms with E-state index < -0.39 is 16.1 Å². The van der Waals surface area contributed by atoms with Gasteiger partial charge in [0.15, 0.2) is 0 Å². The average molecular weight is 528 g/mol. The van der Waals surface area contributed by atoms with Gasteiger partial charge in [0, 0.05) is 18.3 Å². The van der Waals surface area contributed by atoms with Crippen LogP contribution in [0.5, 0.6) is 5.88 Å². The lowest BCUT2D eigenvalue weighted by molar-refractivity contribution is 0.130. The minimum atomic E-state index is -4.04. The normalized spacial score (nSPS) is 12.0. The van der Waals surface area contributed by atoms with Crippen molar-refractivity contribution in [3.05, 3.63) is 60.0 Å². The van der Waals surface area contributed by atoms with Crippen molar-refractivity contribution in [3.8, 4) is 17.1 Å². The molecule has 0 bridgehead atoms. The van der Waals surface area contributed by atoms with Gasteiger partial charge in [0.25, 0.3) is 15.9 Å². The fraction of sp³-hybridized carbons (Fsp3) is 0.385. The molecule has 10 nitrogen and oxygen atoms in total. The van der Waals surface area contributed by atoms with E-state index >= 15 is 0 Å². The maximum atomic E-state index is 13.3. The van der Waals surface area contributed by atoms with E-state index in [0.717, 1.165) is 18.4 Å². The van der Waals surface area contributed by atoms with Crippen LogP contribution in [-0.4, -0.2) is 49.7 Å². The standard InChI is InChI=1S/C26H33N5O5S/c1-5-6-13-28-26(32)36-17-18(2)15-20-9-11-21(12-10-20)23-22(8-7-14-27-23)37(33,34)31-24-25(35-4)30-19(3)16-29-24/h7-12,14,16,18H,5-6,13,15,17H2,1-4H3,(H,28,32)(H,29,31). The maximum absolute atomic E-state index is 13.3. The Morgan fingerprint density at radius 3 is 2.59 bits per heavy atom. The Morgan fingerprint density at radius 2 is 1.89 bits per heavy atom. The van der Waals surface area contributed by atoms with Gasteiger partial charge < -0.3 is 14.8 Å². The Hall–Kier alpha value is -3.73. The number of carbonyl (C=O) groups is 1. The Kier molecular flexibility index (Phi) is 9.78. The molecule has 11 heteroatoms. The number of hydrogen-bond acceptors (Lipinski definition) is 8. The number of unbranched alkanes of at least 4 members (excludes halogenated alkanes) is 1. The zero-order chi connectivity index (χ0) is 26.8. The number of methoxy groups -OCH3 is 1. The number of rotatable bonds is 12. The summed E-state index contributed by atoms with van der Waals surface area (Å²) in [6, 6.07) is 10.5. The number of aromatic nitrogens is 3. The number of hydrogen-bond donors (Lipinski definition) is 2. The van der Waals surface area contributed by atoms with Gasteiger partial charge in [-0.05, 0) is 43.4 Å². The van der Waals surface area contributed by atoms with Crippen molar-refractivity contribution in [2.75, 3.05) is 25.0 Å². The third-order valence-electron chi connectivity index (χ3n) is 5.46. The van der Waals surface area contributed by atoms with Gasteiger partial charge in [0.2, 0.25) is 5.82 Å². The van der Waals surface area contributed by atoms with Gasteiger partial charge in [-0.25, -0.2) is 23.2 Å². The van der Waals surface area contributed by atoms with Gasteiger partial charge in [0.1, 0.15) is 4.90 Å². The van der Waals surface area contributed by atoms with Gasteiger partial charge in [-0.3, -0.25) is 9.71 Å². The number of ether oxygens (including phenoxy) is 2. The van der Waals surface area contributed by atoms with Crippen molar-refractivity contribution in [1.82, 2.24) is 20.3 Å². The Labute approximate surface area is 217 Å². The molecular formula is C26H33N5O5S. The number of amides is 1. The van der Waals surface area contributed by atoms with Crippen molar-refractivity contribution in [2.24, 2.45) is 5.92 Å². The largest absolute Gasteiger partial charge is 0.478 e. The van der Waals surface area contributed by atoms with Crippen LogP contribution >= 0.6 is 0 Å². The number of nitrogens with zero attached hydrogens (tertiary/aromatic N) is 3. The van der Waals surface area contributed by atoms with Gasteiger partial charge in [-0.1, -0.05) is 44.5 Å². The maximum Gasteiger partial charge on any atom is 0.407 e. The summed E-state index contributed by atoms with van der Waals surface area (Å²) in [6.45, 7) is 6.71. The number of nitrogens with one attached hydrogen (secondary N) is 2. The summed E-state index contributed by atoms with van der Waals surface area (Å²) in [6.07, 6.45) is 5.21. The monoisotopic (exact) mass is 527 g/mol. The second-order valence-electron chi connectivity index (χ2n) is 8.71. The number of pyridine rings is 1. The first-order valence-electron chi connectivity index (χ1n) is 12.1. The molecule has 0 aliphatic carbocycles. The first-order chi connectivity index (χ1) is 17.7. The quantitative estimate of drug-likeness (QED) is 0.332. The van der Waals surface area contributed by atoms with Gasteiger partial charge in [0.05, 0.1) is 31.3 Å². The SMILES string of the molecule is CCCCNC(=O)OCC(C)Cc1ccc(-c2ncccc2S(=O)(=O)Nc2ncc(C)nc2OC)cc1. The van der Waals surface area contributed by atoms with Crippen molar-refractivity contribution < 1.29 is 22.7 Å². The highest BCUT2D eigenvalue weighted by Gasteiger charge is 2.23. The lowest BCUT2D eigenvalue weighted by Crippen LogP contribution is -2.27. The fourth-order valence-corrected chi connectivity index (χ4v) is 4.76. The van der Waals surface area contributed by atoms with E-state index in [0.29, 0.717) is 36.5 Å². The molecule has 0 aliphatic heterocycles. The smallest absolute Gasteiger partial charge is 0.407 e. The topological polar surface area (TPSA) is 132 Å². The predicted octanol–water partition coefficient (Wildman–Crippen LogP) is 4.36. The molecule has 0 aliphatic rings. The van der Waals surface area contributed by atoms with E-state index in [1.165, 1.54) is 19.4 Å². The highest BCUT2D eigenvalue weighted by molar-refractivity contribution is 7.92. The lowest BCUT2D eigenvalue weighted by atomic mass is 10.00. The molecule has 3 rings (SSSR count).